The van der Waals surface area contributed by atoms with Crippen molar-refractivity contribution in [1.82, 2.24) is 9.80 Å². The van der Waals surface area contributed by atoms with Crippen LogP contribution in [0.3, 0.4) is 0 Å². The Morgan fingerprint density at radius 2 is 1.79 bits per heavy atom. The quantitative estimate of drug-likeness (QED) is 0.806. The first kappa shape index (κ1) is 22.4. The molecule has 0 bridgehead atoms. The summed E-state index contributed by atoms with van der Waals surface area (Å²) in [5.41, 5.74) is 9.80. The number of nitrogens with zero attached hydrogens (tertiary/aromatic N) is 2. The van der Waals surface area contributed by atoms with Gasteiger partial charge < -0.3 is 10.6 Å². The average molecular weight is 402 g/mol. The molecule has 5 heteroatoms. The molecule has 4 nitrogen and oxygen atoms in total. The second-order valence-corrected chi connectivity index (χ2v) is 7.76. The summed E-state index contributed by atoms with van der Waals surface area (Å²) >= 11 is 0. The van der Waals surface area contributed by atoms with Crippen molar-refractivity contribution in [2.24, 2.45) is 11.7 Å². The zero-order chi connectivity index (χ0) is 19.4. The topological polar surface area (TPSA) is 49.6 Å². The molecule has 3 atom stereocenters. The molecule has 1 fully saturated rings. The summed E-state index contributed by atoms with van der Waals surface area (Å²) in [6.07, 6.45) is 0. The minimum absolute atomic E-state index is 0. The van der Waals surface area contributed by atoms with E-state index in [-0.39, 0.29) is 24.4 Å². The minimum Gasteiger partial charge on any atom is -0.340 e. The number of amides is 1. The number of likely N-dealkylation sites (N-methyl/N-ethyl adjacent to an activating group) is 1. The lowest BCUT2D eigenvalue weighted by atomic mass is 9.89. The van der Waals surface area contributed by atoms with Gasteiger partial charge in [0.25, 0.3) is 0 Å². The number of carbonyl (C=O) groups excluding carboxylic acids is 1. The van der Waals surface area contributed by atoms with Crippen molar-refractivity contribution in [3.8, 4) is 0 Å². The molecule has 1 heterocycles. The SMILES string of the molecule is Cc1ccccc1CN(C)C(=O)C(C)N1C[C@@H](CN)[C@H](c2ccccc2)C1.Cl. The van der Waals surface area contributed by atoms with E-state index in [2.05, 4.69) is 48.2 Å². The largest absolute Gasteiger partial charge is 0.340 e. The number of hydrogen-bond donors (Lipinski definition) is 1. The Hall–Kier alpha value is -1.88. The molecule has 1 aliphatic rings. The summed E-state index contributed by atoms with van der Waals surface area (Å²) in [6, 6.07) is 18.7. The normalized spacial score (nSPS) is 20.4. The second kappa shape index (κ2) is 10.1. The first-order chi connectivity index (χ1) is 13.0. The number of likely N-dealkylation sites (tertiary alicyclic amines) is 1. The fraction of sp³-hybridized carbons (Fsp3) is 0.435. The number of aryl methyl sites for hydroxylation is 1. The molecule has 0 aliphatic carbocycles. The molecule has 152 valence electrons. The van der Waals surface area contributed by atoms with Crippen LogP contribution in [0.2, 0.25) is 0 Å². The van der Waals surface area contributed by atoms with Crippen LogP contribution >= 0.6 is 12.4 Å². The van der Waals surface area contributed by atoms with Crippen molar-refractivity contribution >= 4 is 18.3 Å². The van der Waals surface area contributed by atoms with E-state index in [1.807, 2.05) is 37.1 Å². The summed E-state index contributed by atoms with van der Waals surface area (Å²) in [5, 5.41) is 0. The fourth-order valence-electron chi connectivity index (χ4n) is 4.13. The highest BCUT2D eigenvalue weighted by Crippen LogP contribution is 2.33. The fourth-order valence-corrected chi connectivity index (χ4v) is 4.13. The van der Waals surface area contributed by atoms with Gasteiger partial charge in [-0.3, -0.25) is 9.69 Å². The molecule has 0 radical (unpaired) electrons. The Bertz CT molecular complexity index is 767. The number of hydrogen-bond acceptors (Lipinski definition) is 3. The van der Waals surface area contributed by atoms with E-state index < -0.39 is 0 Å². The molecular formula is C23H32ClN3O. The lowest BCUT2D eigenvalue weighted by molar-refractivity contribution is -0.135. The smallest absolute Gasteiger partial charge is 0.239 e. The van der Waals surface area contributed by atoms with Crippen LogP contribution in [0.4, 0.5) is 0 Å². The van der Waals surface area contributed by atoms with Gasteiger partial charge in [0, 0.05) is 32.6 Å². The maximum atomic E-state index is 13.0. The maximum Gasteiger partial charge on any atom is 0.239 e. The summed E-state index contributed by atoms with van der Waals surface area (Å²) in [6.45, 7) is 7.17. The Labute approximate surface area is 175 Å². The molecule has 1 saturated heterocycles. The van der Waals surface area contributed by atoms with Crippen molar-refractivity contribution < 1.29 is 4.79 Å². The van der Waals surface area contributed by atoms with Crippen LogP contribution in [0.25, 0.3) is 0 Å². The van der Waals surface area contributed by atoms with Crippen molar-refractivity contribution in [1.29, 1.82) is 0 Å². The monoisotopic (exact) mass is 401 g/mol. The van der Waals surface area contributed by atoms with Crippen LogP contribution in [-0.2, 0) is 11.3 Å². The van der Waals surface area contributed by atoms with Gasteiger partial charge in [-0.2, -0.15) is 0 Å². The van der Waals surface area contributed by atoms with Crippen molar-refractivity contribution in [2.75, 3.05) is 26.7 Å². The third-order valence-electron chi connectivity index (χ3n) is 5.95. The second-order valence-electron chi connectivity index (χ2n) is 7.76. The molecule has 3 rings (SSSR count). The van der Waals surface area contributed by atoms with E-state index in [0.29, 0.717) is 24.9 Å². The summed E-state index contributed by atoms with van der Waals surface area (Å²) in [4.78, 5) is 17.2. The molecule has 1 unspecified atom stereocenters. The first-order valence-corrected chi connectivity index (χ1v) is 9.79. The van der Waals surface area contributed by atoms with E-state index in [4.69, 9.17) is 5.73 Å². The van der Waals surface area contributed by atoms with Crippen molar-refractivity contribution in [2.45, 2.75) is 32.4 Å². The predicted octanol–water partition coefficient (Wildman–Crippen LogP) is 3.44. The zero-order valence-corrected chi connectivity index (χ0v) is 17.9. The molecule has 2 aromatic carbocycles. The van der Waals surface area contributed by atoms with Gasteiger partial charge >= 0.3 is 0 Å². The molecule has 2 aromatic rings. The lowest BCUT2D eigenvalue weighted by Crippen LogP contribution is -2.45. The molecule has 1 amide bonds. The zero-order valence-electron chi connectivity index (χ0n) is 17.0. The Balaban J connectivity index is 0.00000280. The Morgan fingerprint density at radius 3 is 2.43 bits per heavy atom. The summed E-state index contributed by atoms with van der Waals surface area (Å²) in [7, 11) is 1.90. The van der Waals surface area contributed by atoms with Crippen LogP contribution in [0, 0.1) is 12.8 Å². The van der Waals surface area contributed by atoms with Gasteiger partial charge in [0.05, 0.1) is 6.04 Å². The van der Waals surface area contributed by atoms with Crippen LogP contribution in [0.1, 0.15) is 29.5 Å². The van der Waals surface area contributed by atoms with Gasteiger partial charge in [0.15, 0.2) is 0 Å². The molecular weight excluding hydrogens is 370 g/mol. The summed E-state index contributed by atoms with van der Waals surface area (Å²) in [5.74, 6) is 0.959. The third-order valence-corrected chi connectivity index (χ3v) is 5.95. The van der Waals surface area contributed by atoms with E-state index >= 15 is 0 Å². The Kier molecular flexibility index (Phi) is 8.05. The van der Waals surface area contributed by atoms with E-state index in [1.165, 1.54) is 16.7 Å². The maximum absolute atomic E-state index is 13.0. The highest BCUT2D eigenvalue weighted by atomic mass is 35.5. The first-order valence-electron chi connectivity index (χ1n) is 9.79. The highest BCUT2D eigenvalue weighted by Gasteiger charge is 2.37. The predicted molar refractivity (Wildman–Crippen MR) is 118 cm³/mol. The molecule has 1 aliphatic heterocycles. The number of benzene rings is 2. The standard InChI is InChI=1S/C23H31N3O.ClH/c1-17-9-7-8-12-20(17)14-25(3)23(27)18(2)26-15-21(13-24)22(16-26)19-10-5-4-6-11-19;/h4-12,18,21-22H,13-16,24H2,1-3H3;1H/t18?,21-,22+;/m1./s1. The Morgan fingerprint density at radius 1 is 1.14 bits per heavy atom. The minimum atomic E-state index is -0.137. The highest BCUT2D eigenvalue weighted by molar-refractivity contribution is 5.85. The van der Waals surface area contributed by atoms with Gasteiger partial charge in [-0.05, 0) is 43.0 Å². The van der Waals surface area contributed by atoms with Crippen LogP contribution in [0.5, 0.6) is 0 Å². The molecule has 0 aromatic heterocycles. The average Bonchev–Trinajstić information content (AvgIpc) is 3.13. The van der Waals surface area contributed by atoms with E-state index in [9.17, 15) is 4.79 Å². The number of halogens is 1. The van der Waals surface area contributed by atoms with Crippen LogP contribution in [0.15, 0.2) is 54.6 Å². The van der Waals surface area contributed by atoms with Gasteiger partial charge in [0.1, 0.15) is 0 Å². The van der Waals surface area contributed by atoms with Crippen LogP contribution in [-0.4, -0.2) is 48.4 Å². The van der Waals surface area contributed by atoms with Gasteiger partial charge in [-0.1, -0.05) is 54.6 Å². The van der Waals surface area contributed by atoms with Gasteiger partial charge in [0.2, 0.25) is 5.91 Å². The molecule has 28 heavy (non-hydrogen) atoms. The van der Waals surface area contributed by atoms with Gasteiger partial charge in [-0.25, -0.2) is 0 Å². The number of carbonyl (C=O) groups is 1. The van der Waals surface area contributed by atoms with Crippen molar-refractivity contribution in [3.63, 3.8) is 0 Å². The van der Waals surface area contributed by atoms with E-state index in [0.717, 1.165) is 13.1 Å². The third kappa shape index (κ3) is 4.93. The number of nitrogens with two attached hydrogens (primary N) is 1. The van der Waals surface area contributed by atoms with E-state index in [1.54, 1.807) is 0 Å². The molecule has 0 spiro atoms. The van der Waals surface area contributed by atoms with Gasteiger partial charge in [-0.15, -0.1) is 12.4 Å². The molecule has 0 saturated carbocycles. The summed E-state index contributed by atoms with van der Waals surface area (Å²) < 4.78 is 0. The van der Waals surface area contributed by atoms with Crippen LogP contribution < -0.4 is 5.73 Å². The van der Waals surface area contributed by atoms with Crippen molar-refractivity contribution in [3.05, 3.63) is 71.3 Å². The molecule has 2 N–H and O–H groups in total. The number of rotatable bonds is 6. The lowest BCUT2D eigenvalue weighted by Gasteiger charge is -2.28.